The molecule has 48 valence electrons. The van der Waals surface area contributed by atoms with Crippen LogP contribution < -0.4 is 0 Å². The van der Waals surface area contributed by atoms with Crippen molar-refractivity contribution < 1.29 is 9.94 Å². The highest BCUT2D eigenvalue weighted by Crippen LogP contribution is 1.94. The quantitative estimate of drug-likeness (QED) is 0.552. The van der Waals surface area contributed by atoms with Crippen LogP contribution in [0.4, 0.5) is 0 Å². The van der Waals surface area contributed by atoms with E-state index in [2.05, 4.69) is 9.99 Å². The Labute approximate surface area is 52.9 Å². The summed E-state index contributed by atoms with van der Waals surface area (Å²) in [5.74, 6) is 0. The highest BCUT2D eigenvalue weighted by atomic mass is 16.6. The van der Waals surface area contributed by atoms with Gasteiger partial charge in [-0.15, -0.1) is 0 Å². The molecule has 3 heteroatoms. The standard InChI is InChI=1S/C6H7NO2/c8-5-6-2-1-3-9-7-4-6/h1-4,8H,5H2. The van der Waals surface area contributed by atoms with Crippen molar-refractivity contribution in [1.29, 1.82) is 0 Å². The van der Waals surface area contributed by atoms with Crippen molar-refractivity contribution in [2.45, 2.75) is 0 Å². The lowest BCUT2D eigenvalue weighted by molar-refractivity contribution is 0.270. The van der Waals surface area contributed by atoms with Crippen molar-refractivity contribution >= 4 is 6.21 Å². The van der Waals surface area contributed by atoms with Crippen LogP contribution in [0.2, 0.25) is 0 Å². The molecule has 1 aliphatic rings. The van der Waals surface area contributed by atoms with E-state index in [0.717, 1.165) is 5.57 Å². The average Bonchev–Trinajstić information content (AvgIpc) is 2.13. The van der Waals surface area contributed by atoms with E-state index >= 15 is 0 Å². The predicted molar refractivity (Wildman–Crippen MR) is 33.9 cm³/mol. The Balaban J connectivity index is 2.67. The first kappa shape index (κ1) is 6.04. The third-order valence-corrected chi connectivity index (χ3v) is 0.912. The summed E-state index contributed by atoms with van der Waals surface area (Å²) in [7, 11) is 0. The summed E-state index contributed by atoms with van der Waals surface area (Å²) in [5.41, 5.74) is 0.740. The van der Waals surface area contributed by atoms with Gasteiger partial charge in [-0.05, 0) is 11.6 Å². The minimum Gasteiger partial charge on any atom is -0.392 e. The van der Waals surface area contributed by atoms with E-state index < -0.39 is 0 Å². The number of hydrogen-bond acceptors (Lipinski definition) is 3. The smallest absolute Gasteiger partial charge is 0.122 e. The van der Waals surface area contributed by atoms with E-state index in [1.165, 1.54) is 12.5 Å². The van der Waals surface area contributed by atoms with E-state index in [1.807, 2.05) is 0 Å². The highest BCUT2D eigenvalue weighted by Gasteiger charge is 1.89. The summed E-state index contributed by atoms with van der Waals surface area (Å²) >= 11 is 0. The molecule has 0 atom stereocenters. The number of rotatable bonds is 1. The van der Waals surface area contributed by atoms with Gasteiger partial charge >= 0.3 is 0 Å². The average molecular weight is 125 g/mol. The van der Waals surface area contributed by atoms with Crippen molar-refractivity contribution in [3.63, 3.8) is 0 Å². The molecule has 0 bridgehead atoms. The molecule has 0 aliphatic carbocycles. The van der Waals surface area contributed by atoms with Crippen LogP contribution in [0.5, 0.6) is 0 Å². The lowest BCUT2D eigenvalue weighted by Gasteiger charge is -1.87. The zero-order chi connectivity index (χ0) is 6.53. The van der Waals surface area contributed by atoms with Crippen LogP contribution in [0.3, 0.4) is 0 Å². The van der Waals surface area contributed by atoms with Gasteiger partial charge in [0, 0.05) is 0 Å². The Bertz CT molecular complexity index is 170. The Morgan fingerprint density at radius 2 is 2.56 bits per heavy atom. The Morgan fingerprint density at radius 1 is 1.67 bits per heavy atom. The molecule has 1 N–H and O–H groups in total. The maximum atomic E-state index is 8.57. The number of nitrogens with zero attached hydrogens (tertiary/aromatic N) is 1. The fourth-order valence-corrected chi connectivity index (χ4v) is 0.468. The van der Waals surface area contributed by atoms with Gasteiger partial charge in [0.25, 0.3) is 0 Å². The third kappa shape index (κ3) is 1.70. The molecule has 0 aromatic carbocycles. The minimum atomic E-state index is -0.00278. The van der Waals surface area contributed by atoms with Gasteiger partial charge in [0.1, 0.15) is 6.26 Å². The van der Waals surface area contributed by atoms with Gasteiger partial charge in [0.2, 0.25) is 0 Å². The normalized spacial score (nSPS) is 16.3. The lowest BCUT2D eigenvalue weighted by atomic mass is 10.3. The summed E-state index contributed by atoms with van der Waals surface area (Å²) in [6.07, 6.45) is 6.33. The predicted octanol–water partition coefficient (Wildman–Crippen LogP) is 0.435. The Morgan fingerprint density at radius 3 is 3.33 bits per heavy atom. The molecule has 0 saturated heterocycles. The molecule has 0 amide bonds. The first-order chi connectivity index (χ1) is 4.43. The second kappa shape index (κ2) is 3.04. The molecule has 9 heavy (non-hydrogen) atoms. The van der Waals surface area contributed by atoms with Crippen LogP contribution in [0.15, 0.2) is 29.1 Å². The van der Waals surface area contributed by atoms with E-state index in [-0.39, 0.29) is 6.61 Å². The van der Waals surface area contributed by atoms with Crippen molar-refractivity contribution in [1.82, 2.24) is 0 Å². The number of allylic oxidation sites excluding steroid dienone is 2. The molecule has 0 aromatic rings. The molecule has 0 unspecified atom stereocenters. The molecule has 0 spiro atoms. The van der Waals surface area contributed by atoms with E-state index in [0.29, 0.717) is 0 Å². The van der Waals surface area contributed by atoms with E-state index in [9.17, 15) is 0 Å². The SMILES string of the molecule is OCC1=CC=CON=C1. The van der Waals surface area contributed by atoms with Crippen LogP contribution in [0.1, 0.15) is 0 Å². The minimum absolute atomic E-state index is 0.00278. The van der Waals surface area contributed by atoms with Gasteiger partial charge in [-0.25, -0.2) is 0 Å². The number of oxime groups is 1. The second-order valence-corrected chi connectivity index (χ2v) is 1.57. The molecule has 1 heterocycles. The molecular formula is C6H7NO2. The molecule has 1 rings (SSSR count). The number of hydrogen-bond donors (Lipinski definition) is 1. The molecule has 3 nitrogen and oxygen atoms in total. The fraction of sp³-hybridized carbons (Fsp3) is 0.167. The molecule has 0 fully saturated rings. The number of aliphatic hydroxyl groups excluding tert-OH is 1. The monoisotopic (exact) mass is 125 g/mol. The van der Waals surface area contributed by atoms with Gasteiger partial charge < -0.3 is 9.94 Å². The summed E-state index contributed by atoms with van der Waals surface area (Å²) in [6, 6.07) is 0. The largest absolute Gasteiger partial charge is 0.392 e. The zero-order valence-electron chi connectivity index (χ0n) is 4.82. The Kier molecular flexibility index (Phi) is 2.04. The highest BCUT2D eigenvalue weighted by molar-refractivity contribution is 5.78. The third-order valence-electron chi connectivity index (χ3n) is 0.912. The summed E-state index contributed by atoms with van der Waals surface area (Å²) in [5, 5.41) is 12.1. The van der Waals surface area contributed by atoms with Crippen molar-refractivity contribution in [3.05, 3.63) is 24.0 Å². The molecule has 0 aromatic heterocycles. The molecular weight excluding hydrogens is 118 g/mol. The van der Waals surface area contributed by atoms with Crippen molar-refractivity contribution in [3.8, 4) is 0 Å². The summed E-state index contributed by atoms with van der Waals surface area (Å²) < 4.78 is 0. The maximum absolute atomic E-state index is 8.57. The van der Waals surface area contributed by atoms with Crippen LogP contribution >= 0.6 is 0 Å². The first-order valence-corrected chi connectivity index (χ1v) is 2.59. The van der Waals surface area contributed by atoms with Crippen molar-refractivity contribution in [2.24, 2.45) is 5.16 Å². The van der Waals surface area contributed by atoms with Crippen LogP contribution in [-0.2, 0) is 4.84 Å². The van der Waals surface area contributed by atoms with Gasteiger partial charge in [0.05, 0.1) is 12.8 Å². The van der Waals surface area contributed by atoms with Crippen LogP contribution in [-0.4, -0.2) is 17.9 Å². The van der Waals surface area contributed by atoms with Crippen LogP contribution in [0.25, 0.3) is 0 Å². The van der Waals surface area contributed by atoms with E-state index in [4.69, 9.17) is 5.11 Å². The summed E-state index contributed by atoms with van der Waals surface area (Å²) in [6.45, 7) is -0.00278. The second-order valence-electron chi connectivity index (χ2n) is 1.57. The van der Waals surface area contributed by atoms with Gasteiger partial charge in [0.15, 0.2) is 0 Å². The van der Waals surface area contributed by atoms with Crippen LogP contribution in [0, 0.1) is 0 Å². The zero-order valence-corrected chi connectivity index (χ0v) is 4.82. The van der Waals surface area contributed by atoms with Gasteiger partial charge in [-0.3, -0.25) is 0 Å². The topological polar surface area (TPSA) is 41.8 Å². The Hall–Kier alpha value is -1.09. The van der Waals surface area contributed by atoms with Gasteiger partial charge in [-0.2, -0.15) is 0 Å². The number of aliphatic hydroxyl groups is 1. The van der Waals surface area contributed by atoms with Crippen molar-refractivity contribution in [2.75, 3.05) is 6.61 Å². The molecule has 0 saturated carbocycles. The summed E-state index contributed by atoms with van der Waals surface area (Å²) in [4.78, 5) is 4.55. The molecule has 1 aliphatic heterocycles. The lowest BCUT2D eigenvalue weighted by Crippen LogP contribution is -1.89. The first-order valence-electron chi connectivity index (χ1n) is 2.59. The fourth-order valence-electron chi connectivity index (χ4n) is 0.468. The maximum Gasteiger partial charge on any atom is 0.122 e. The molecule has 0 radical (unpaired) electrons. The van der Waals surface area contributed by atoms with Gasteiger partial charge in [-0.1, -0.05) is 11.2 Å². The van der Waals surface area contributed by atoms with E-state index in [1.54, 1.807) is 12.2 Å².